The van der Waals surface area contributed by atoms with Crippen molar-refractivity contribution < 1.29 is 14.3 Å². The zero-order valence-corrected chi connectivity index (χ0v) is 15.6. The number of rotatable bonds is 4. The van der Waals surface area contributed by atoms with E-state index < -0.39 is 0 Å². The summed E-state index contributed by atoms with van der Waals surface area (Å²) in [5.74, 6) is 1.44. The fourth-order valence-electron chi connectivity index (χ4n) is 3.23. The largest absolute Gasteiger partial charge is 0.486 e. The van der Waals surface area contributed by atoms with Crippen LogP contribution in [0.25, 0.3) is 5.69 Å². The van der Waals surface area contributed by atoms with Gasteiger partial charge in [0.15, 0.2) is 11.5 Å². The quantitative estimate of drug-likeness (QED) is 0.761. The number of hydrogen-bond donors (Lipinski definition) is 1. The Morgan fingerprint density at radius 3 is 2.73 bits per heavy atom. The average Bonchev–Trinajstić information content (AvgIpc) is 3.27. The monoisotopic (exact) mass is 368 g/mol. The average molecular weight is 368 g/mol. The van der Waals surface area contributed by atoms with Crippen LogP contribution in [-0.2, 0) is 6.54 Å². The zero-order valence-electron chi connectivity index (χ0n) is 14.7. The van der Waals surface area contributed by atoms with E-state index in [9.17, 15) is 4.79 Å². The van der Waals surface area contributed by atoms with Gasteiger partial charge in [0.1, 0.15) is 13.2 Å². The molecule has 1 N–H and O–H groups in total. The molecule has 0 spiro atoms. The Labute approximate surface area is 156 Å². The Hall–Kier alpha value is -2.73. The van der Waals surface area contributed by atoms with E-state index in [1.165, 1.54) is 0 Å². The molecule has 0 saturated carbocycles. The third kappa shape index (κ3) is 3.08. The van der Waals surface area contributed by atoms with Crippen LogP contribution in [0.2, 0.25) is 0 Å². The number of nitrogens with zero attached hydrogens (tertiary/aromatic N) is 1. The van der Waals surface area contributed by atoms with Crippen molar-refractivity contribution in [3.05, 3.63) is 63.6 Å². The van der Waals surface area contributed by atoms with Crippen molar-refractivity contribution in [2.24, 2.45) is 0 Å². The lowest BCUT2D eigenvalue weighted by Crippen LogP contribution is -2.23. The summed E-state index contributed by atoms with van der Waals surface area (Å²) in [6.07, 6.45) is 0. The number of carbonyl (C=O) groups is 1. The molecule has 6 heteroatoms. The molecule has 0 aliphatic carbocycles. The van der Waals surface area contributed by atoms with Crippen molar-refractivity contribution >= 4 is 17.2 Å². The Morgan fingerprint density at radius 1 is 1.15 bits per heavy atom. The minimum Gasteiger partial charge on any atom is -0.486 e. The fourth-order valence-corrected chi connectivity index (χ4v) is 3.90. The van der Waals surface area contributed by atoms with Gasteiger partial charge in [-0.15, -0.1) is 0 Å². The molecular formula is C20H20N2O3S. The molecule has 4 rings (SSSR count). The first kappa shape index (κ1) is 16.7. The molecule has 1 aromatic carbocycles. The van der Waals surface area contributed by atoms with Gasteiger partial charge in [0.25, 0.3) is 5.91 Å². The predicted molar refractivity (Wildman–Crippen MR) is 102 cm³/mol. The summed E-state index contributed by atoms with van der Waals surface area (Å²) >= 11 is 1.63. The van der Waals surface area contributed by atoms with Crippen LogP contribution in [-0.4, -0.2) is 23.7 Å². The Kier molecular flexibility index (Phi) is 4.42. The number of carbonyl (C=O) groups excluding carboxylic acids is 1. The van der Waals surface area contributed by atoms with Crippen molar-refractivity contribution in [2.75, 3.05) is 13.2 Å². The fraction of sp³-hybridized carbons (Fsp3) is 0.250. The molecule has 0 unspecified atom stereocenters. The van der Waals surface area contributed by atoms with Crippen LogP contribution < -0.4 is 14.8 Å². The van der Waals surface area contributed by atoms with Gasteiger partial charge in [-0.25, -0.2) is 0 Å². The third-order valence-electron chi connectivity index (χ3n) is 4.49. The maximum Gasteiger partial charge on any atom is 0.253 e. The number of fused-ring (bicyclic) bond motifs is 1. The molecule has 134 valence electrons. The summed E-state index contributed by atoms with van der Waals surface area (Å²) in [5, 5.41) is 7.04. The number of benzene rings is 1. The van der Waals surface area contributed by atoms with Crippen molar-refractivity contribution in [2.45, 2.75) is 20.4 Å². The number of amides is 1. The number of aryl methyl sites for hydroxylation is 1. The lowest BCUT2D eigenvalue weighted by molar-refractivity contribution is 0.0950. The number of aromatic nitrogens is 1. The van der Waals surface area contributed by atoms with Gasteiger partial charge < -0.3 is 19.4 Å². The summed E-state index contributed by atoms with van der Waals surface area (Å²) in [5.41, 5.74) is 4.67. The molecular weight excluding hydrogens is 348 g/mol. The van der Waals surface area contributed by atoms with E-state index in [4.69, 9.17) is 9.47 Å². The van der Waals surface area contributed by atoms with Crippen LogP contribution in [0.5, 0.6) is 11.5 Å². The standard InChI is InChI=1S/C20H20N2O3S/c1-13-9-17(20(23)21-11-15-5-8-26-12-15)14(2)22(13)16-3-4-18-19(10-16)25-7-6-24-18/h3-5,8-10,12H,6-7,11H2,1-2H3,(H,21,23). The molecule has 1 aliphatic rings. The topological polar surface area (TPSA) is 52.5 Å². The molecule has 0 radical (unpaired) electrons. The molecule has 0 bridgehead atoms. The van der Waals surface area contributed by atoms with Crippen LogP contribution in [0.3, 0.4) is 0 Å². The minimum atomic E-state index is -0.0620. The summed E-state index contributed by atoms with van der Waals surface area (Å²) < 4.78 is 13.3. The lowest BCUT2D eigenvalue weighted by atomic mass is 10.2. The third-order valence-corrected chi connectivity index (χ3v) is 5.22. The first-order valence-electron chi connectivity index (χ1n) is 8.52. The van der Waals surface area contributed by atoms with E-state index in [-0.39, 0.29) is 5.91 Å². The molecule has 2 aromatic heterocycles. The molecule has 26 heavy (non-hydrogen) atoms. The summed E-state index contributed by atoms with van der Waals surface area (Å²) in [6, 6.07) is 9.81. The first-order chi connectivity index (χ1) is 12.6. The number of thiophene rings is 1. The molecule has 0 saturated heterocycles. The van der Waals surface area contributed by atoms with Gasteiger partial charge in [0, 0.05) is 29.7 Å². The predicted octanol–water partition coefficient (Wildman–Crippen LogP) is 3.86. The normalized spacial score (nSPS) is 12.8. The molecule has 1 aliphatic heterocycles. The molecule has 3 aromatic rings. The van der Waals surface area contributed by atoms with Crippen LogP contribution in [0.4, 0.5) is 0 Å². The zero-order chi connectivity index (χ0) is 18.1. The van der Waals surface area contributed by atoms with E-state index in [2.05, 4.69) is 9.88 Å². The SMILES string of the molecule is Cc1cc(C(=O)NCc2ccsc2)c(C)n1-c1ccc2c(c1)OCCO2. The van der Waals surface area contributed by atoms with Gasteiger partial charge in [-0.2, -0.15) is 11.3 Å². The highest BCUT2D eigenvalue weighted by Gasteiger charge is 2.18. The highest BCUT2D eigenvalue weighted by molar-refractivity contribution is 7.07. The minimum absolute atomic E-state index is 0.0620. The van der Waals surface area contributed by atoms with Gasteiger partial charge in [-0.3, -0.25) is 4.79 Å². The number of hydrogen-bond acceptors (Lipinski definition) is 4. The first-order valence-corrected chi connectivity index (χ1v) is 9.46. The van der Waals surface area contributed by atoms with Crippen LogP contribution in [0.1, 0.15) is 27.3 Å². The van der Waals surface area contributed by atoms with Crippen LogP contribution >= 0.6 is 11.3 Å². The smallest absolute Gasteiger partial charge is 0.253 e. The van der Waals surface area contributed by atoms with E-state index in [0.29, 0.717) is 25.3 Å². The highest BCUT2D eigenvalue weighted by atomic mass is 32.1. The molecule has 1 amide bonds. The van der Waals surface area contributed by atoms with E-state index in [1.54, 1.807) is 11.3 Å². The summed E-state index contributed by atoms with van der Waals surface area (Å²) in [7, 11) is 0. The molecule has 0 atom stereocenters. The molecule has 0 fully saturated rings. The maximum atomic E-state index is 12.6. The summed E-state index contributed by atoms with van der Waals surface area (Å²) in [4.78, 5) is 12.6. The van der Waals surface area contributed by atoms with Gasteiger partial charge in [-0.1, -0.05) is 0 Å². The van der Waals surface area contributed by atoms with Gasteiger partial charge in [-0.05, 0) is 54.4 Å². The summed E-state index contributed by atoms with van der Waals surface area (Å²) in [6.45, 7) is 5.62. The van der Waals surface area contributed by atoms with Crippen LogP contribution in [0.15, 0.2) is 41.1 Å². The number of nitrogens with one attached hydrogen (secondary N) is 1. The Balaban J connectivity index is 1.61. The van der Waals surface area contributed by atoms with Gasteiger partial charge in [0.2, 0.25) is 0 Å². The second kappa shape index (κ2) is 6.88. The second-order valence-electron chi connectivity index (χ2n) is 6.26. The van der Waals surface area contributed by atoms with Gasteiger partial charge in [0.05, 0.1) is 5.56 Å². The van der Waals surface area contributed by atoms with E-state index in [1.807, 2.05) is 54.9 Å². The van der Waals surface area contributed by atoms with Crippen molar-refractivity contribution in [1.82, 2.24) is 9.88 Å². The van der Waals surface area contributed by atoms with E-state index >= 15 is 0 Å². The van der Waals surface area contributed by atoms with Gasteiger partial charge >= 0.3 is 0 Å². The Morgan fingerprint density at radius 2 is 1.96 bits per heavy atom. The Bertz CT molecular complexity index is 944. The van der Waals surface area contributed by atoms with Crippen molar-refractivity contribution in [1.29, 1.82) is 0 Å². The van der Waals surface area contributed by atoms with Crippen molar-refractivity contribution in [3.8, 4) is 17.2 Å². The highest BCUT2D eigenvalue weighted by Crippen LogP contribution is 2.33. The van der Waals surface area contributed by atoms with Crippen LogP contribution in [0, 0.1) is 13.8 Å². The lowest BCUT2D eigenvalue weighted by Gasteiger charge is -2.20. The molecule has 3 heterocycles. The maximum absolute atomic E-state index is 12.6. The second-order valence-corrected chi connectivity index (χ2v) is 7.04. The van der Waals surface area contributed by atoms with Crippen molar-refractivity contribution in [3.63, 3.8) is 0 Å². The molecule has 5 nitrogen and oxygen atoms in total. The number of ether oxygens (including phenoxy) is 2. The van der Waals surface area contributed by atoms with E-state index in [0.717, 1.165) is 34.1 Å².